The molecule has 1 saturated heterocycles. The minimum absolute atomic E-state index is 1.05. The van der Waals surface area contributed by atoms with Crippen molar-refractivity contribution in [2.24, 2.45) is 10.9 Å². The molecule has 30 heavy (non-hydrogen) atoms. The lowest BCUT2D eigenvalue weighted by Crippen LogP contribution is -2.25. The quantitative estimate of drug-likeness (QED) is 0.322. The number of aryl methyl sites for hydroxylation is 2. The third-order valence-electron chi connectivity index (χ3n) is 3.70. The van der Waals surface area contributed by atoms with Crippen molar-refractivity contribution in [1.82, 2.24) is 4.31 Å². The summed E-state index contributed by atoms with van der Waals surface area (Å²) >= 11 is 8.99. The smallest absolute Gasteiger partial charge is 0.0759 e. The molecule has 1 aliphatic rings. The fourth-order valence-corrected chi connectivity index (χ4v) is 5.96. The molecule has 0 bridgehead atoms. The Balaban J connectivity index is 0. The third kappa shape index (κ3) is 13.7. The molecule has 1 aromatic carbocycles. The van der Waals surface area contributed by atoms with E-state index in [1.54, 1.807) is 0 Å². The second kappa shape index (κ2) is 21.7. The van der Waals surface area contributed by atoms with E-state index in [4.69, 9.17) is 0 Å². The number of hydrogen-bond acceptors (Lipinski definition) is 7. The molecule has 1 aromatic heterocycles. The zero-order valence-electron chi connectivity index (χ0n) is 19.5. The lowest BCUT2D eigenvalue weighted by Gasteiger charge is -2.23. The SMILES string of the molecule is C=CN.CC.CC.Cc1ccc(Cc2cc(SN3CCSCC3)sc2C)cc1.NS. The Labute approximate surface area is 203 Å². The number of thioether (sulfide) groups is 1. The van der Waals surface area contributed by atoms with Gasteiger partial charge in [0.15, 0.2) is 0 Å². The molecule has 0 atom stereocenters. The molecule has 0 aliphatic carbocycles. The monoisotopic (exact) mass is 487 g/mol. The first kappa shape index (κ1) is 31.6. The first-order chi connectivity index (χ1) is 14.6. The molecule has 0 spiro atoms. The average molecular weight is 488 g/mol. The fourth-order valence-electron chi connectivity index (χ4n) is 2.40. The van der Waals surface area contributed by atoms with Crippen LogP contribution < -0.4 is 10.9 Å². The van der Waals surface area contributed by atoms with E-state index in [9.17, 15) is 0 Å². The molecule has 0 unspecified atom stereocenters. The Bertz CT molecular complexity index is 636. The summed E-state index contributed by atoms with van der Waals surface area (Å²) in [7, 11) is 0. The second-order valence-corrected chi connectivity index (χ2v) is 9.56. The number of thiophene rings is 1. The maximum atomic E-state index is 4.61. The highest BCUT2D eigenvalue weighted by Crippen LogP contribution is 2.34. The van der Waals surface area contributed by atoms with Crippen LogP contribution in [0.25, 0.3) is 0 Å². The van der Waals surface area contributed by atoms with Crippen LogP contribution in [0, 0.1) is 13.8 Å². The Morgan fingerprint density at radius 3 is 2.07 bits per heavy atom. The summed E-state index contributed by atoms with van der Waals surface area (Å²) in [5.41, 5.74) is 8.84. The number of nitrogens with zero attached hydrogens (tertiary/aromatic N) is 1. The van der Waals surface area contributed by atoms with Crippen LogP contribution in [0.5, 0.6) is 0 Å². The number of rotatable bonds is 4. The second-order valence-electron chi connectivity index (χ2n) is 5.68. The highest BCUT2D eigenvalue weighted by atomic mass is 32.2. The number of thiol groups is 1. The van der Waals surface area contributed by atoms with Crippen molar-refractivity contribution in [2.75, 3.05) is 24.6 Å². The van der Waals surface area contributed by atoms with Gasteiger partial charge in [-0.2, -0.15) is 11.8 Å². The van der Waals surface area contributed by atoms with Crippen molar-refractivity contribution < 1.29 is 0 Å². The Morgan fingerprint density at radius 2 is 1.57 bits per heavy atom. The Morgan fingerprint density at radius 1 is 1.07 bits per heavy atom. The zero-order chi connectivity index (χ0) is 23.4. The molecule has 1 aliphatic heterocycles. The molecule has 0 amide bonds. The molecule has 0 radical (unpaired) electrons. The van der Waals surface area contributed by atoms with E-state index in [0.717, 1.165) is 6.42 Å². The molecule has 3 rings (SSSR count). The Kier molecular flexibility index (Phi) is 22.8. The van der Waals surface area contributed by atoms with Crippen molar-refractivity contribution in [3.05, 3.63) is 64.7 Å². The van der Waals surface area contributed by atoms with Gasteiger partial charge >= 0.3 is 0 Å². The molecule has 0 saturated carbocycles. The predicted molar refractivity (Wildman–Crippen MR) is 148 cm³/mol. The normalized spacial score (nSPS) is 12.4. The first-order valence-electron chi connectivity index (χ1n) is 10.4. The minimum Gasteiger partial charge on any atom is -0.405 e. The highest BCUT2D eigenvalue weighted by molar-refractivity contribution is 8.00. The van der Waals surface area contributed by atoms with Crippen molar-refractivity contribution >= 4 is 47.9 Å². The molecule has 3 nitrogen and oxygen atoms in total. The van der Waals surface area contributed by atoms with Crippen LogP contribution in [0.1, 0.15) is 49.3 Å². The fraction of sp³-hybridized carbons (Fsp3) is 0.478. The lowest BCUT2D eigenvalue weighted by atomic mass is 10.0. The maximum absolute atomic E-state index is 4.61. The van der Waals surface area contributed by atoms with Crippen molar-refractivity contribution in [1.29, 1.82) is 0 Å². The van der Waals surface area contributed by atoms with Gasteiger partial charge in [-0.05, 0) is 55.6 Å². The molecule has 2 aromatic rings. The van der Waals surface area contributed by atoms with Crippen LogP contribution in [-0.4, -0.2) is 28.9 Å². The number of hydrogen-bond donors (Lipinski definition) is 3. The predicted octanol–water partition coefficient (Wildman–Crippen LogP) is 6.94. The molecule has 4 N–H and O–H groups in total. The van der Waals surface area contributed by atoms with Crippen LogP contribution >= 0.6 is 47.9 Å². The van der Waals surface area contributed by atoms with Crippen LogP contribution in [0.2, 0.25) is 0 Å². The van der Waals surface area contributed by atoms with E-state index >= 15 is 0 Å². The van der Waals surface area contributed by atoms with Gasteiger partial charge in [-0.3, -0.25) is 5.14 Å². The van der Waals surface area contributed by atoms with Gasteiger partial charge in [0.1, 0.15) is 0 Å². The minimum atomic E-state index is 1.05. The maximum Gasteiger partial charge on any atom is 0.0759 e. The van der Waals surface area contributed by atoms with E-state index in [0.29, 0.717) is 0 Å². The lowest BCUT2D eigenvalue weighted by molar-refractivity contribution is 0.522. The summed E-state index contributed by atoms with van der Waals surface area (Å²) in [5.74, 6) is 2.54. The van der Waals surface area contributed by atoms with E-state index < -0.39 is 0 Å². The van der Waals surface area contributed by atoms with Crippen molar-refractivity contribution in [2.45, 2.75) is 52.2 Å². The van der Waals surface area contributed by atoms with Gasteiger partial charge in [0.05, 0.1) is 4.21 Å². The van der Waals surface area contributed by atoms with Crippen molar-refractivity contribution in [3.63, 3.8) is 0 Å². The summed E-state index contributed by atoms with van der Waals surface area (Å²) in [5, 5.41) is 4.19. The van der Waals surface area contributed by atoms with Gasteiger partial charge in [0, 0.05) is 29.5 Å². The van der Waals surface area contributed by atoms with Gasteiger partial charge in [-0.25, -0.2) is 4.31 Å². The molecule has 1 fully saturated rings. The van der Waals surface area contributed by atoms with E-state index in [2.05, 4.69) is 90.5 Å². The summed E-state index contributed by atoms with van der Waals surface area (Å²) in [6, 6.07) is 11.3. The van der Waals surface area contributed by atoms with Crippen LogP contribution in [-0.2, 0) is 6.42 Å². The average Bonchev–Trinajstić information content (AvgIpc) is 3.14. The highest BCUT2D eigenvalue weighted by Gasteiger charge is 2.14. The molecule has 2 heterocycles. The zero-order valence-corrected chi connectivity index (χ0v) is 22.8. The van der Waals surface area contributed by atoms with Crippen molar-refractivity contribution in [3.8, 4) is 0 Å². The van der Waals surface area contributed by atoms with Crippen LogP contribution in [0.3, 0.4) is 0 Å². The summed E-state index contributed by atoms with van der Waals surface area (Å²) in [6.07, 6.45) is 2.30. The van der Waals surface area contributed by atoms with Gasteiger partial charge in [-0.15, -0.1) is 24.2 Å². The van der Waals surface area contributed by atoms with Gasteiger partial charge in [0.2, 0.25) is 0 Å². The van der Waals surface area contributed by atoms with Crippen LogP contribution in [0.4, 0.5) is 0 Å². The Hall–Kier alpha value is -0.570. The molecular weight excluding hydrogens is 447 g/mol. The van der Waals surface area contributed by atoms with Crippen LogP contribution in [0.15, 0.2) is 47.3 Å². The summed E-state index contributed by atoms with van der Waals surface area (Å²) in [4.78, 5) is 1.46. The number of benzene rings is 1. The molecular formula is C23H41N3S4. The standard InChI is InChI=1S/C17H21NS3.C2H5N.2C2H6.H3NS/c1-13-3-5-15(6-4-13)11-16-12-17(20-14(16)2)21-18-7-9-19-10-8-18;1-2-3;3*1-2/h3-6,12H,7-11H2,1-2H3;2H,1,3H2;2*1-2H3;2H,1H2. The number of nitrogens with two attached hydrogens (primary N) is 2. The van der Waals surface area contributed by atoms with Gasteiger partial charge in [0.25, 0.3) is 0 Å². The molecule has 172 valence electrons. The molecule has 7 heteroatoms. The first-order valence-corrected chi connectivity index (χ1v) is 13.6. The van der Waals surface area contributed by atoms with E-state index in [1.807, 2.05) is 51.0 Å². The summed E-state index contributed by atoms with van der Waals surface area (Å²) < 4.78 is 3.96. The van der Waals surface area contributed by atoms with E-state index in [1.165, 1.54) is 56.6 Å². The van der Waals surface area contributed by atoms with E-state index in [-0.39, 0.29) is 0 Å². The topological polar surface area (TPSA) is 55.3 Å². The largest absolute Gasteiger partial charge is 0.405 e. The van der Waals surface area contributed by atoms with Gasteiger partial charge < -0.3 is 5.73 Å². The third-order valence-corrected chi connectivity index (χ3v) is 6.93. The summed E-state index contributed by atoms with van der Waals surface area (Å²) in [6.45, 7) is 18.0. The van der Waals surface area contributed by atoms with Gasteiger partial charge in [-0.1, -0.05) is 64.1 Å².